The van der Waals surface area contributed by atoms with Crippen LogP contribution in [-0.4, -0.2) is 11.7 Å². The minimum atomic E-state index is -0.496. The predicted molar refractivity (Wildman–Crippen MR) is 66.9 cm³/mol. The summed E-state index contributed by atoms with van der Waals surface area (Å²) >= 11 is 0. The summed E-state index contributed by atoms with van der Waals surface area (Å²) in [6.45, 7) is 10.8. The highest BCUT2D eigenvalue weighted by Gasteiger charge is 2.17. The Kier molecular flexibility index (Phi) is 3.98. The van der Waals surface area contributed by atoms with Crippen molar-refractivity contribution in [1.82, 2.24) is 0 Å². The third kappa shape index (κ3) is 2.99. The molecule has 0 aliphatic rings. The highest BCUT2D eigenvalue weighted by molar-refractivity contribution is 5.40. The highest BCUT2D eigenvalue weighted by atomic mass is 16.5. The molecule has 1 aromatic carbocycles. The minimum absolute atomic E-state index is 0.0917. The smallest absolute Gasteiger partial charge is 0.125 e. The third-order valence-corrected chi connectivity index (χ3v) is 2.63. The van der Waals surface area contributed by atoms with E-state index in [2.05, 4.69) is 26.8 Å². The SMILES string of the molecule is CCOc1ccc(C(C)(C)C)cc1C(C)O. The molecule has 1 N–H and O–H groups in total. The van der Waals surface area contributed by atoms with Gasteiger partial charge in [0.2, 0.25) is 0 Å². The van der Waals surface area contributed by atoms with E-state index in [1.54, 1.807) is 6.92 Å². The Morgan fingerprint density at radius 2 is 1.94 bits per heavy atom. The van der Waals surface area contributed by atoms with Gasteiger partial charge in [0.25, 0.3) is 0 Å². The Morgan fingerprint density at radius 3 is 2.38 bits per heavy atom. The lowest BCUT2D eigenvalue weighted by atomic mass is 9.85. The van der Waals surface area contributed by atoms with Gasteiger partial charge in [-0.1, -0.05) is 26.8 Å². The van der Waals surface area contributed by atoms with E-state index in [1.165, 1.54) is 5.56 Å². The van der Waals surface area contributed by atoms with E-state index in [0.29, 0.717) is 6.61 Å². The molecule has 16 heavy (non-hydrogen) atoms. The van der Waals surface area contributed by atoms with E-state index in [-0.39, 0.29) is 5.41 Å². The molecule has 2 nitrogen and oxygen atoms in total. The molecule has 2 heteroatoms. The maximum Gasteiger partial charge on any atom is 0.125 e. The van der Waals surface area contributed by atoms with Crippen molar-refractivity contribution in [2.24, 2.45) is 0 Å². The van der Waals surface area contributed by atoms with Gasteiger partial charge in [0.1, 0.15) is 5.75 Å². The van der Waals surface area contributed by atoms with Gasteiger partial charge in [-0.15, -0.1) is 0 Å². The second-order valence-corrected chi connectivity index (χ2v) is 5.11. The highest BCUT2D eigenvalue weighted by Crippen LogP contribution is 2.31. The van der Waals surface area contributed by atoms with Crippen molar-refractivity contribution in [1.29, 1.82) is 0 Å². The zero-order valence-electron chi connectivity index (χ0n) is 10.9. The molecular weight excluding hydrogens is 200 g/mol. The van der Waals surface area contributed by atoms with Crippen molar-refractivity contribution in [2.45, 2.75) is 46.1 Å². The third-order valence-electron chi connectivity index (χ3n) is 2.63. The number of hydrogen-bond acceptors (Lipinski definition) is 2. The van der Waals surface area contributed by atoms with Crippen molar-refractivity contribution < 1.29 is 9.84 Å². The molecule has 1 unspecified atom stereocenters. The molecule has 0 aliphatic heterocycles. The van der Waals surface area contributed by atoms with Gasteiger partial charge < -0.3 is 9.84 Å². The van der Waals surface area contributed by atoms with Crippen LogP contribution in [-0.2, 0) is 5.41 Å². The van der Waals surface area contributed by atoms with Gasteiger partial charge in [0.15, 0.2) is 0 Å². The average molecular weight is 222 g/mol. The van der Waals surface area contributed by atoms with Gasteiger partial charge in [-0.05, 0) is 37.0 Å². The Hall–Kier alpha value is -1.02. The zero-order valence-corrected chi connectivity index (χ0v) is 10.9. The molecule has 0 fully saturated rings. The van der Waals surface area contributed by atoms with Crippen LogP contribution < -0.4 is 4.74 Å². The molecule has 0 saturated heterocycles. The number of hydrogen-bond donors (Lipinski definition) is 1. The molecule has 0 radical (unpaired) electrons. The summed E-state index contributed by atoms with van der Waals surface area (Å²) in [7, 11) is 0. The molecule has 0 heterocycles. The van der Waals surface area contributed by atoms with Gasteiger partial charge >= 0.3 is 0 Å². The zero-order chi connectivity index (χ0) is 12.3. The van der Waals surface area contributed by atoms with E-state index in [1.807, 2.05) is 19.1 Å². The van der Waals surface area contributed by atoms with E-state index in [4.69, 9.17) is 4.74 Å². The lowest BCUT2D eigenvalue weighted by Crippen LogP contribution is -2.12. The van der Waals surface area contributed by atoms with E-state index >= 15 is 0 Å². The van der Waals surface area contributed by atoms with Crippen LogP contribution in [0.4, 0.5) is 0 Å². The molecule has 0 saturated carbocycles. The molecule has 0 aliphatic carbocycles. The van der Waals surface area contributed by atoms with Gasteiger partial charge in [0.05, 0.1) is 12.7 Å². The van der Waals surface area contributed by atoms with Crippen LogP contribution in [0.1, 0.15) is 51.8 Å². The Bertz CT molecular complexity index is 348. The number of ether oxygens (including phenoxy) is 1. The van der Waals surface area contributed by atoms with Gasteiger partial charge in [-0.2, -0.15) is 0 Å². The summed E-state index contributed by atoms with van der Waals surface area (Å²) < 4.78 is 5.51. The Morgan fingerprint density at radius 1 is 1.31 bits per heavy atom. The first-order valence-corrected chi connectivity index (χ1v) is 5.81. The summed E-state index contributed by atoms with van der Waals surface area (Å²) in [6, 6.07) is 6.05. The van der Waals surface area contributed by atoms with E-state index in [0.717, 1.165) is 11.3 Å². The molecule has 1 atom stereocenters. The molecule has 90 valence electrons. The first kappa shape index (κ1) is 13.0. The molecule has 0 bridgehead atoms. The number of benzene rings is 1. The summed E-state index contributed by atoms with van der Waals surface area (Å²) in [5, 5.41) is 9.74. The van der Waals surface area contributed by atoms with Crippen LogP contribution in [0.3, 0.4) is 0 Å². The average Bonchev–Trinajstić information content (AvgIpc) is 2.16. The number of aliphatic hydroxyl groups excluding tert-OH is 1. The van der Waals surface area contributed by atoms with Crippen molar-refractivity contribution in [3.8, 4) is 5.75 Å². The standard InChI is InChI=1S/C14H22O2/c1-6-16-13-8-7-11(14(3,4)5)9-12(13)10(2)15/h7-10,15H,6H2,1-5H3. The van der Waals surface area contributed by atoms with Crippen LogP contribution >= 0.6 is 0 Å². The number of rotatable bonds is 3. The first-order valence-electron chi connectivity index (χ1n) is 5.81. The predicted octanol–water partition coefficient (Wildman–Crippen LogP) is 3.44. The largest absolute Gasteiger partial charge is 0.493 e. The molecular formula is C14H22O2. The van der Waals surface area contributed by atoms with Gasteiger partial charge in [-0.25, -0.2) is 0 Å². The minimum Gasteiger partial charge on any atom is -0.493 e. The van der Waals surface area contributed by atoms with Crippen LogP contribution in [0.25, 0.3) is 0 Å². The first-order chi connectivity index (χ1) is 7.36. The Balaban J connectivity index is 3.17. The van der Waals surface area contributed by atoms with Crippen LogP contribution in [0.2, 0.25) is 0 Å². The fourth-order valence-corrected chi connectivity index (χ4v) is 1.63. The van der Waals surface area contributed by atoms with Crippen molar-refractivity contribution in [2.75, 3.05) is 6.61 Å². The molecule has 0 amide bonds. The van der Waals surface area contributed by atoms with E-state index < -0.39 is 6.10 Å². The van der Waals surface area contributed by atoms with Crippen molar-refractivity contribution in [3.63, 3.8) is 0 Å². The Labute approximate surface area is 98.3 Å². The molecule has 1 rings (SSSR count). The quantitative estimate of drug-likeness (QED) is 0.849. The summed E-state index contributed by atoms with van der Waals surface area (Å²) in [4.78, 5) is 0. The molecule has 0 spiro atoms. The number of aliphatic hydroxyl groups is 1. The molecule has 1 aromatic rings. The fraction of sp³-hybridized carbons (Fsp3) is 0.571. The normalized spacial score (nSPS) is 13.6. The topological polar surface area (TPSA) is 29.5 Å². The fourth-order valence-electron chi connectivity index (χ4n) is 1.63. The van der Waals surface area contributed by atoms with Gasteiger partial charge in [0, 0.05) is 5.56 Å². The van der Waals surface area contributed by atoms with E-state index in [9.17, 15) is 5.11 Å². The van der Waals surface area contributed by atoms with Crippen LogP contribution in [0.5, 0.6) is 5.75 Å². The lowest BCUT2D eigenvalue weighted by molar-refractivity contribution is 0.192. The molecule has 0 aromatic heterocycles. The lowest BCUT2D eigenvalue weighted by Gasteiger charge is -2.22. The maximum absolute atomic E-state index is 9.74. The van der Waals surface area contributed by atoms with Crippen LogP contribution in [0, 0.1) is 0 Å². The van der Waals surface area contributed by atoms with Crippen LogP contribution in [0.15, 0.2) is 18.2 Å². The van der Waals surface area contributed by atoms with Crippen molar-refractivity contribution in [3.05, 3.63) is 29.3 Å². The maximum atomic E-state index is 9.74. The van der Waals surface area contributed by atoms with Gasteiger partial charge in [-0.3, -0.25) is 0 Å². The summed E-state index contributed by atoms with van der Waals surface area (Å²) in [5.41, 5.74) is 2.18. The second kappa shape index (κ2) is 4.88. The van der Waals surface area contributed by atoms with Crippen molar-refractivity contribution >= 4 is 0 Å². The monoisotopic (exact) mass is 222 g/mol. The summed E-state index contributed by atoms with van der Waals surface area (Å²) in [6.07, 6.45) is -0.496. The second-order valence-electron chi connectivity index (χ2n) is 5.11. The summed E-state index contributed by atoms with van der Waals surface area (Å²) in [5.74, 6) is 0.783.